The smallest absolute Gasteiger partial charge is 0.305 e. The van der Waals surface area contributed by atoms with Crippen molar-refractivity contribution in [2.24, 2.45) is 0 Å². The van der Waals surface area contributed by atoms with E-state index >= 15 is 0 Å². The van der Waals surface area contributed by atoms with Crippen LogP contribution < -0.4 is 14.8 Å². The number of benzene rings is 1. The Balaban J connectivity index is 2.88. The molecule has 0 radical (unpaired) electrons. The van der Waals surface area contributed by atoms with Crippen LogP contribution in [0.5, 0.6) is 11.5 Å². The number of rotatable bonds is 10. The van der Waals surface area contributed by atoms with Crippen LogP contribution in [0.15, 0.2) is 18.2 Å². The van der Waals surface area contributed by atoms with Crippen LogP contribution in [0.1, 0.15) is 37.8 Å². The maximum absolute atomic E-state index is 12.1. The molecule has 2 unspecified atom stereocenters. The molecule has 7 heteroatoms. The summed E-state index contributed by atoms with van der Waals surface area (Å²) in [5, 5.41) is 11.9. The Morgan fingerprint density at radius 2 is 1.83 bits per heavy atom. The summed E-state index contributed by atoms with van der Waals surface area (Å²) in [6, 6.07) is 4.42. The number of carboxylic acids is 1. The zero-order valence-electron chi connectivity index (χ0n) is 14.5. The molecule has 2 atom stereocenters. The summed E-state index contributed by atoms with van der Waals surface area (Å²) in [6.07, 6.45) is 0.572. The normalized spacial score (nSPS) is 13.0. The van der Waals surface area contributed by atoms with Crippen LogP contribution in [0.4, 0.5) is 0 Å². The number of methoxy groups -OCH3 is 3. The van der Waals surface area contributed by atoms with Crippen LogP contribution in [-0.2, 0) is 14.3 Å². The van der Waals surface area contributed by atoms with Gasteiger partial charge in [0, 0.05) is 13.5 Å². The highest BCUT2D eigenvalue weighted by molar-refractivity contribution is 5.77. The lowest BCUT2D eigenvalue weighted by Crippen LogP contribution is -2.30. The third-order valence-electron chi connectivity index (χ3n) is 3.70. The van der Waals surface area contributed by atoms with E-state index in [-0.39, 0.29) is 24.9 Å². The molecule has 0 aliphatic heterocycles. The molecule has 0 fully saturated rings. The molecule has 134 valence electrons. The van der Waals surface area contributed by atoms with E-state index in [0.717, 1.165) is 0 Å². The fraction of sp³-hybridized carbons (Fsp3) is 0.529. The molecule has 0 heterocycles. The maximum atomic E-state index is 12.1. The zero-order chi connectivity index (χ0) is 18.1. The Hall–Kier alpha value is -2.28. The number of nitrogens with one attached hydrogen (secondary N) is 1. The molecule has 2 N–H and O–H groups in total. The first kappa shape index (κ1) is 19.8. The molecule has 0 aliphatic rings. The van der Waals surface area contributed by atoms with E-state index in [9.17, 15) is 9.59 Å². The van der Waals surface area contributed by atoms with Crippen molar-refractivity contribution in [3.63, 3.8) is 0 Å². The average Bonchev–Trinajstić information content (AvgIpc) is 2.57. The summed E-state index contributed by atoms with van der Waals surface area (Å²) in [5.74, 6) is -0.205. The van der Waals surface area contributed by atoms with Crippen LogP contribution >= 0.6 is 0 Å². The van der Waals surface area contributed by atoms with E-state index < -0.39 is 12.0 Å². The highest BCUT2D eigenvalue weighted by Crippen LogP contribution is 2.31. The van der Waals surface area contributed by atoms with E-state index in [1.165, 1.54) is 14.2 Å². The summed E-state index contributed by atoms with van der Waals surface area (Å²) in [5.41, 5.74) is 0.642. The minimum absolute atomic E-state index is 0.0326. The quantitative estimate of drug-likeness (QED) is 0.678. The Kier molecular flexibility index (Phi) is 8.05. The average molecular weight is 339 g/mol. The summed E-state index contributed by atoms with van der Waals surface area (Å²) in [7, 11) is 4.60. The summed E-state index contributed by atoms with van der Waals surface area (Å²) >= 11 is 0. The molecule has 7 nitrogen and oxygen atoms in total. The first-order valence-corrected chi connectivity index (χ1v) is 7.67. The Bertz CT molecular complexity index is 560. The van der Waals surface area contributed by atoms with Gasteiger partial charge >= 0.3 is 5.97 Å². The van der Waals surface area contributed by atoms with Crippen molar-refractivity contribution in [3.8, 4) is 11.5 Å². The summed E-state index contributed by atoms with van der Waals surface area (Å²) in [6.45, 7) is 1.87. The first-order chi connectivity index (χ1) is 11.4. The molecule has 0 saturated carbocycles. The van der Waals surface area contributed by atoms with Crippen LogP contribution in [0.25, 0.3) is 0 Å². The van der Waals surface area contributed by atoms with Crippen molar-refractivity contribution in [1.82, 2.24) is 5.32 Å². The van der Waals surface area contributed by atoms with Crippen LogP contribution in [-0.4, -0.2) is 44.4 Å². The minimum Gasteiger partial charge on any atom is -0.493 e. The predicted octanol–water partition coefficient (Wildman–Crippen LogP) is 2.15. The van der Waals surface area contributed by atoms with Crippen molar-refractivity contribution in [2.45, 2.75) is 38.3 Å². The van der Waals surface area contributed by atoms with Gasteiger partial charge in [-0.15, -0.1) is 0 Å². The Morgan fingerprint density at radius 3 is 2.38 bits per heavy atom. The van der Waals surface area contributed by atoms with Crippen molar-refractivity contribution in [1.29, 1.82) is 0 Å². The number of hydrogen-bond donors (Lipinski definition) is 2. The highest BCUT2D eigenvalue weighted by Gasteiger charge is 2.20. The second-order valence-electron chi connectivity index (χ2n) is 5.42. The predicted molar refractivity (Wildman–Crippen MR) is 88.4 cm³/mol. The van der Waals surface area contributed by atoms with Gasteiger partial charge in [-0.05, 0) is 31.0 Å². The topological polar surface area (TPSA) is 94.1 Å². The molecule has 1 aromatic rings. The summed E-state index contributed by atoms with van der Waals surface area (Å²) < 4.78 is 15.5. The SMILES string of the molecule is COc1ccc(C(CC(=O)O)NC(=O)CCC(C)OC)cc1OC. The molecule has 24 heavy (non-hydrogen) atoms. The number of carbonyl (C=O) groups excluding carboxylic acids is 1. The minimum atomic E-state index is -1.000. The van der Waals surface area contributed by atoms with Crippen molar-refractivity contribution in [3.05, 3.63) is 23.8 Å². The van der Waals surface area contributed by atoms with Gasteiger partial charge in [0.15, 0.2) is 11.5 Å². The van der Waals surface area contributed by atoms with Crippen molar-refractivity contribution < 1.29 is 28.9 Å². The molecular formula is C17H25NO6. The number of hydrogen-bond acceptors (Lipinski definition) is 5. The van der Waals surface area contributed by atoms with Gasteiger partial charge in [0.25, 0.3) is 0 Å². The van der Waals surface area contributed by atoms with E-state index in [1.807, 2.05) is 6.92 Å². The second kappa shape index (κ2) is 9.77. The third-order valence-corrected chi connectivity index (χ3v) is 3.70. The Labute approximate surface area is 141 Å². The monoisotopic (exact) mass is 339 g/mol. The molecule has 0 bridgehead atoms. The van der Waals surface area contributed by atoms with Gasteiger partial charge in [0.2, 0.25) is 5.91 Å². The van der Waals surface area contributed by atoms with Gasteiger partial charge in [-0.1, -0.05) is 6.07 Å². The van der Waals surface area contributed by atoms with Gasteiger partial charge in [-0.3, -0.25) is 9.59 Å². The maximum Gasteiger partial charge on any atom is 0.305 e. The Morgan fingerprint density at radius 1 is 1.17 bits per heavy atom. The zero-order valence-corrected chi connectivity index (χ0v) is 14.5. The molecule has 0 aliphatic carbocycles. The van der Waals surface area contributed by atoms with Crippen molar-refractivity contribution in [2.75, 3.05) is 21.3 Å². The number of aliphatic carboxylic acids is 1. The standard InChI is InChI=1S/C17H25NO6/c1-11(22-2)5-8-16(19)18-13(10-17(20)21)12-6-7-14(23-3)15(9-12)24-4/h6-7,9,11,13H,5,8,10H2,1-4H3,(H,18,19)(H,20,21). The molecule has 0 saturated heterocycles. The van der Waals surface area contributed by atoms with Gasteiger partial charge < -0.3 is 24.6 Å². The van der Waals surface area contributed by atoms with Gasteiger partial charge in [-0.25, -0.2) is 0 Å². The van der Waals surface area contributed by atoms with E-state index in [2.05, 4.69) is 5.32 Å². The number of amides is 1. The third kappa shape index (κ3) is 6.08. The highest BCUT2D eigenvalue weighted by atomic mass is 16.5. The largest absolute Gasteiger partial charge is 0.493 e. The lowest BCUT2D eigenvalue weighted by atomic mass is 10.0. The van der Waals surface area contributed by atoms with Crippen LogP contribution in [0.2, 0.25) is 0 Å². The molecule has 0 aromatic heterocycles. The summed E-state index contributed by atoms with van der Waals surface area (Å²) in [4.78, 5) is 23.2. The van der Waals surface area contributed by atoms with Gasteiger partial charge in [0.1, 0.15) is 0 Å². The second-order valence-corrected chi connectivity index (χ2v) is 5.42. The lowest BCUT2D eigenvalue weighted by molar-refractivity contribution is -0.137. The van der Waals surface area contributed by atoms with Gasteiger partial charge in [0.05, 0.1) is 32.8 Å². The molecule has 1 amide bonds. The van der Waals surface area contributed by atoms with Crippen LogP contribution in [0, 0.1) is 0 Å². The van der Waals surface area contributed by atoms with Crippen molar-refractivity contribution >= 4 is 11.9 Å². The fourth-order valence-electron chi connectivity index (χ4n) is 2.22. The van der Waals surface area contributed by atoms with Gasteiger partial charge in [-0.2, -0.15) is 0 Å². The number of carboxylic acid groups (broad SMARTS) is 1. The van der Waals surface area contributed by atoms with Crippen LogP contribution in [0.3, 0.4) is 0 Å². The molecule has 1 rings (SSSR count). The number of carbonyl (C=O) groups is 2. The lowest BCUT2D eigenvalue weighted by Gasteiger charge is -2.19. The van der Waals surface area contributed by atoms with E-state index in [4.69, 9.17) is 19.3 Å². The number of ether oxygens (including phenoxy) is 3. The first-order valence-electron chi connectivity index (χ1n) is 7.67. The van der Waals surface area contributed by atoms with E-state index in [0.29, 0.717) is 23.5 Å². The fourth-order valence-corrected chi connectivity index (χ4v) is 2.22. The molecule has 0 spiro atoms. The molecular weight excluding hydrogens is 314 g/mol. The van der Waals surface area contributed by atoms with E-state index in [1.54, 1.807) is 25.3 Å². The molecule has 1 aromatic carbocycles.